The number of carbonyl (C=O) groups is 1. The van der Waals surface area contributed by atoms with E-state index in [9.17, 15) is 9.90 Å². The molecule has 3 heteroatoms. The summed E-state index contributed by atoms with van der Waals surface area (Å²) in [6.07, 6.45) is 9.30. The second-order valence-electron chi connectivity index (χ2n) is 6.66. The Morgan fingerprint density at radius 1 is 1.06 bits per heavy atom. The fraction of sp³-hybridized carbons (Fsp3) is 0.800. The molecule has 1 N–H and O–H groups in total. The Morgan fingerprint density at radius 2 is 1.94 bits per heavy atom. The van der Waals surface area contributed by atoms with E-state index in [1.807, 2.05) is 0 Å². The van der Waals surface area contributed by atoms with Gasteiger partial charge in [0.05, 0.1) is 12.0 Å². The third-order valence-electron chi connectivity index (χ3n) is 5.60. The number of carbonyl (C=O) groups excluding carboxylic acids is 1. The number of aliphatic hydroxyl groups excluding tert-OH is 1. The van der Waals surface area contributed by atoms with E-state index >= 15 is 0 Å². The van der Waals surface area contributed by atoms with Gasteiger partial charge in [-0.05, 0) is 55.8 Å². The van der Waals surface area contributed by atoms with Crippen LogP contribution >= 0.6 is 0 Å². The number of hydrogen-bond acceptors (Lipinski definition) is 3. The van der Waals surface area contributed by atoms with E-state index < -0.39 is 0 Å². The van der Waals surface area contributed by atoms with Crippen LogP contribution in [0.2, 0.25) is 0 Å². The first kappa shape index (κ1) is 11.0. The summed E-state index contributed by atoms with van der Waals surface area (Å²) in [5.41, 5.74) is 0. The van der Waals surface area contributed by atoms with Crippen molar-refractivity contribution in [2.24, 2.45) is 29.6 Å². The number of allylic oxidation sites excluding steroid dienone is 2. The lowest BCUT2D eigenvalue weighted by molar-refractivity contribution is -0.158. The molecule has 0 aromatic rings. The molecule has 4 rings (SSSR count). The van der Waals surface area contributed by atoms with E-state index in [-0.39, 0.29) is 24.1 Å². The van der Waals surface area contributed by atoms with Crippen molar-refractivity contribution in [1.29, 1.82) is 0 Å². The van der Waals surface area contributed by atoms with E-state index in [0.29, 0.717) is 23.7 Å². The highest BCUT2D eigenvalue weighted by Gasteiger charge is 2.48. The van der Waals surface area contributed by atoms with Gasteiger partial charge < -0.3 is 9.84 Å². The fourth-order valence-electron chi connectivity index (χ4n) is 4.63. The second kappa shape index (κ2) is 3.83. The van der Waals surface area contributed by atoms with Crippen molar-refractivity contribution < 1.29 is 14.6 Å². The van der Waals surface area contributed by atoms with Gasteiger partial charge in [-0.25, -0.2) is 0 Å². The Morgan fingerprint density at radius 3 is 2.50 bits per heavy atom. The molecule has 4 aliphatic rings. The number of rotatable bonds is 2. The lowest BCUT2D eigenvalue weighted by Crippen LogP contribution is -2.32. The molecule has 3 saturated carbocycles. The molecule has 0 radical (unpaired) electrons. The third kappa shape index (κ3) is 1.56. The van der Waals surface area contributed by atoms with E-state index in [4.69, 9.17) is 4.74 Å². The van der Waals surface area contributed by atoms with Gasteiger partial charge >= 0.3 is 5.97 Å². The molecule has 98 valence electrons. The van der Waals surface area contributed by atoms with Crippen LogP contribution in [0.1, 0.15) is 32.1 Å². The Kier molecular flexibility index (Phi) is 2.35. The molecule has 3 nitrogen and oxygen atoms in total. The van der Waals surface area contributed by atoms with Gasteiger partial charge in [0.2, 0.25) is 0 Å². The first-order valence-electron chi connectivity index (χ1n) is 7.27. The first-order valence-corrected chi connectivity index (χ1v) is 7.27. The SMILES string of the molecule is O=C(OC1CC2CC1CC2O)C1CC2C=CC1C2. The summed E-state index contributed by atoms with van der Waals surface area (Å²) in [6, 6.07) is 0. The number of aliphatic hydroxyl groups is 1. The highest BCUT2D eigenvalue weighted by atomic mass is 16.5. The molecule has 0 saturated heterocycles. The van der Waals surface area contributed by atoms with Crippen LogP contribution in [-0.4, -0.2) is 23.3 Å². The van der Waals surface area contributed by atoms with Crippen LogP contribution in [0.3, 0.4) is 0 Å². The van der Waals surface area contributed by atoms with Gasteiger partial charge in [-0.2, -0.15) is 0 Å². The molecule has 4 bridgehead atoms. The van der Waals surface area contributed by atoms with Crippen LogP contribution in [0.25, 0.3) is 0 Å². The number of fused-ring (bicyclic) bond motifs is 4. The number of esters is 1. The van der Waals surface area contributed by atoms with Crippen molar-refractivity contribution in [3.63, 3.8) is 0 Å². The Bertz CT molecular complexity index is 401. The third-order valence-corrected chi connectivity index (χ3v) is 5.60. The second-order valence-corrected chi connectivity index (χ2v) is 6.66. The van der Waals surface area contributed by atoms with Crippen LogP contribution in [-0.2, 0) is 9.53 Å². The largest absolute Gasteiger partial charge is 0.462 e. The standard InChI is InChI=1S/C15H20O3/c16-13-6-11-5-10(13)7-14(11)18-15(17)12-4-8-1-2-9(12)3-8/h1-2,8-14,16H,3-7H2. The van der Waals surface area contributed by atoms with Gasteiger partial charge in [-0.1, -0.05) is 12.2 Å². The van der Waals surface area contributed by atoms with Gasteiger partial charge in [0.15, 0.2) is 0 Å². The van der Waals surface area contributed by atoms with Gasteiger partial charge in [0, 0.05) is 0 Å². The van der Waals surface area contributed by atoms with Gasteiger partial charge in [-0.15, -0.1) is 0 Å². The fourth-order valence-corrected chi connectivity index (χ4v) is 4.63. The number of hydrogen-bond donors (Lipinski definition) is 1. The van der Waals surface area contributed by atoms with Crippen molar-refractivity contribution >= 4 is 5.97 Å². The summed E-state index contributed by atoms with van der Waals surface area (Å²) in [7, 11) is 0. The van der Waals surface area contributed by atoms with Gasteiger partial charge in [0.1, 0.15) is 6.10 Å². The predicted octanol–water partition coefficient (Wildman–Crippen LogP) is 1.90. The van der Waals surface area contributed by atoms with Gasteiger partial charge in [0.25, 0.3) is 0 Å². The summed E-state index contributed by atoms with van der Waals surface area (Å²) in [5, 5.41) is 9.72. The van der Waals surface area contributed by atoms with E-state index in [1.165, 1.54) is 0 Å². The molecule has 18 heavy (non-hydrogen) atoms. The minimum atomic E-state index is -0.143. The Balaban J connectivity index is 1.38. The zero-order valence-electron chi connectivity index (χ0n) is 10.5. The molecule has 7 unspecified atom stereocenters. The van der Waals surface area contributed by atoms with E-state index in [2.05, 4.69) is 12.2 Å². The van der Waals surface area contributed by atoms with Crippen molar-refractivity contribution in [1.82, 2.24) is 0 Å². The molecule has 0 heterocycles. The van der Waals surface area contributed by atoms with Crippen molar-refractivity contribution in [3.8, 4) is 0 Å². The van der Waals surface area contributed by atoms with E-state index in [0.717, 1.165) is 32.1 Å². The molecule has 0 amide bonds. The quantitative estimate of drug-likeness (QED) is 0.599. The summed E-state index contributed by atoms with van der Waals surface area (Å²) >= 11 is 0. The number of ether oxygens (including phenoxy) is 1. The molecule has 0 aliphatic heterocycles. The molecule has 3 fully saturated rings. The van der Waals surface area contributed by atoms with E-state index in [1.54, 1.807) is 0 Å². The lowest BCUT2D eigenvalue weighted by atomic mass is 9.92. The Labute approximate surface area is 107 Å². The minimum absolute atomic E-state index is 0.0267. The highest BCUT2D eigenvalue weighted by molar-refractivity contribution is 5.74. The monoisotopic (exact) mass is 248 g/mol. The average molecular weight is 248 g/mol. The smallest absolute Gasteiger partial charge is 0.309 e. The van der Waals surface area contributed by atoms with Gasteiger partial charge in [-0.3, -0.25) is 4.79 Å². The van der Waals surface area contributed by atoms with Crippen LogP contribution in [0.5, 0.6) is 0 Å². The minimum Gasteiger partial charge on any atom is -0.462 e. The molecule has 0 aromatic heterocycles. The molecule has 0 spiro atoms. The normalized spacial score (nSPS) is 52.2. The molecular formula is C15H20O3. The summed E-state index contributed by atoms with van der Waals surface area (Å²) in [4.78, 5) is 12.2. The van der Waals surface area contributed by atoms with Crippen molar-refractivity contribution in [3.05, 3.63) is 12.2 Å². The summed E-state index contributed by atoms with van der Waals surface area (Å²) < 4.78 is 5.75. The first-order chi connectivity index (χ1) is 8.70. The van der Waals surface area contributed by atoms with Crippen molar-refractivity contribution in [2.45, 2.75) is 44.3 Å². The zero-order chi connectivity index (χ0) is 12.3. The lowest BCUT2D eigenvalue weighted by Gasteiger charge is -2.27. The highest BCUT2D eigenvalue weighted by Crippen LogP contribution is 2.48. The van der Waals surface area contributed by atoms with Crippen LogP contribution < -0.4 is 0 Å². The molecule has 7 atom stereocenters. The maximum absolute atomic E-state index is 12.2. The predicted molar refractivity (Wildman–Crippen MR) is 65.6 cm³/mol. The molecule has 4 aliphatic carbocycles. The molecular weight excluding hydrogens is 228 g/mol. The average Bonchev–Trinajstić information content (AvgIpc) is 3.06. The van der Waals surface area contributed by atoms with Crippen LogP contribution in [0, 0.1) is 29.6 Å². The Hall–Kier alpha value is -0.830. The topological polar surface area (TPSA) is 46.5 Å². The zero-order valence-corrected chi connectivity index (χ0v) is 10.5. The summed E-state index contributed by atoms with van der Waals surface area (Å²) in [6.45, 7) is 0. The van der Waals surface area contributed by atoms with Crippen molar-refractivity contribution in [2.75, 3.05) is 0 Å². The maximum atomic E-state index is 12.2. The van der Waals surface area contributed by atoms with Crippen LogP contribution in [0.4, 0.5) is 0 Å². The maximum Gasteiger partial charge on any atom is 0.309 e. The molecule has 0 aromatic carbocycles. The summed E-state index contributed by atoms with van der Waals surface area (Å²) in [5.74, 6) is 2.00. The van der Waals surface area contributed by atoms with Crippen LogP contribution in [0.15, 0.2) is 12.2 Å².